The van der Waals surface area contributed by atoms with Gasteiger partial charge in [-0.25, -0.2) is 0 Å². The average Bonchev–Trinajstić information content (AvgIpc) is 2.52. The van der Waals surface area contributed by atoms with Crippen LogP contribution < -0.4 is 4.74 Å². The van der Waals surface area contributed by atoms with Crippen molar-refractivity contribution >= 4 is 23.8 Å². The monoisotopic (exact) mass is 328 g/mol. The number of methoxy groups -OCH3 is 1. The lowest BCUT2D eigenvalue weighted by Crippen LogP contribution is -1.95. The zero-order valence-electron chi connectivity index (χ0n) is 13.5. The second-order valence-electron chi connectivity index (χ2n) is 5.53. The van der Waals surface area contributed by atoms with E-state index in [2.05, 4.69) is 6.58 Å². The molecule has 0 aromatic heterocycles. The van der Waals surface area contributed by atoms with E-state index in [0.29, 0.717) is 17.2 Å². The lowest BCUT2D eigenvalue weighted by atomic mass is 10.0. The van der Waals surface area contributed by atoms with E-state index in [4.69, 9.17) is 16.3 Å². The summed E-state index contributed by atoms with van der Waals surface area (Å²) in [5, 5.41) is 11.0. The van der Waals surface area contributed by atoms with Crippen LogP contribution >= 0.6 is 11.6 Å². The number of hydrogen-bond acceptors (Lipinski definition) is 2. The normalized spacial score (nSPS) is 10.9. The Kier molecular flexibility index (Phi) is 5.89. The number of allylic oxidation sites excluding steroid dienone is 1. The third-order valence-electron chi connectivity index (χ3n) is 3.59. The number of halogens is 1. The Hall–Kier alpha value is -2.19. The van der Waals surface area contributed by atoms with E-state index in [0.717, 1.165) is 28.7 Å². The lowest BCUT2D eigenvalue weighted by Gasteiger charge is -2.12. The van der Waals surface area contributed by atoms with Gasteiger partial charge in [0.25, 0.3) is 0 Å². The summed E-state index contributed by atoms with van der Waals surface area (Å²) in [5.41, 5.74) is 3.68. The van der Waals surface area contributed by atoms with E-state index in [1.807, 2.05) is 49.4 Å². The Balaban J connectivity index is 2.29. The van der Waals surface area contributed by atoms with Crippen molar-refractivity contribution in [2.24, 2.45) is 0 Å². The lowest BCUT2D eigenvalue weighted by molar-refractivity contribution is 0.399. The quantitative estimate of drug-likeness (QED) is 0.541. The Morgan fingerprint density at radius 2 is 2.00 bits per heavy atom. The maximum atomic E-state index is 10.3. The number of phenols is 1. The van der Waals surface area contributed by atoms with Gasteiger partial charge in [0, 0.05) is 10.6 Å². The van der Waals surface area contributed by atoms with Crippen LogP contribution in [0, 0.1) is 0 Å². The molecule has 0 saturated heterocycles. The first-order valence-corrected chi connectivity index (χ1v) is 7.86. The van der Waals surface area contributed by atoms with Gasteiger partial charge in [0.1, 0.15) is 11.5 Å². The average molecular weight is 329 g/mol. The highest BCUT2D eigenvalue weighted by Gasteiger charge is 2.10. The highest BCUT2D eigenvalue weighted by Crippen LogP contribution is 2.32. The van der Waals surface area contributed by atoms with Crippen LogP contribution in [0.3, 0.4) is 0 Å². The highest BCUT2D eigenvalue weighted by atomic mass is 35.5. The highest BCUT2D eigenvalue weighted by molar-refractivity contribution is 6.32. The molecule has 0 bridgehead atoms. The first-order chi connectivity index (χ1) is 11.0. The molecule has 2 rings (SSSR count). The van der Waals surface area contributed by atoms with Crippen LogP contribution in [0.25, 0.3) is 12.2 Å². The number of benzene rings is 2. The molecule has 120 valence electrons. The molecule has 0 aliphatic carbocycles. The fraction of sp³-hybridized carbons (Fsp3) is 0.200. The van der Waals surface area contributed by atoms with Crippen LogP contribution in [0.5, 0.6) is 11.5 Å². The van der Waals surface area contributed by atoms with Crippen LogP contribution in [-0.2, 0) is 6.42 Å². The fourth-order valence-corrected chi connectivity index (χ4v) is 2.51. The zero-order valence-corrected chi connectivity index (χ0v) is 14.2. The Bertz CT molecular complexity index is 732. The first kappa shape index (κ1) is 17.2. The van der Waals surface area contributed by atoms with Crippen molar-refractivity contribution < 1.29 is 9.84 Å². The van der Waals surface area contributed by atoms with Gasteiger partial charge in [0.05, 0.1) is 7.11 Å². The van der Waals surface area contributed by atoms with Crippen molar-refractivity contribution in [3.8, 4) is 11.5 Å². The second kappa shape index (κ2) is 7.89. The van der Waals surface area contributed by atoms with Crippen molar-refractivity contribution in [3.63, 3.8) is 0 Å². The largest absolute Gasteiger partial charge is 0.508 e. The topological polar surface area (TPSA) is 29.5 Å². The number of ether oxygens (including phenoxy) is 1. The van der Waals surface area contributed by atoms with Gasteiger partial charge in [0.15, 0.2) is 0 Å². The third kappa shape index (κ3) is 4.64. The minimum atomic E-state index is 0.240. The minimum Gasteiger partial charge on any atom is -0.508 e. The molecule has 0 radical (unpaired) electrons. The summed E-state index contributed by atoms with van der Waals surface area (Å²) in [4.78, 5) is 0. The molecule has 0 saturated carbocycles. The molecule has 0 aliphatic heterocycles. The van der Waals surface area contributed by atoms with Crippen LogP contribution in [0.2, 0.25) is 5.02 Å². The van der Waals surface area contributed by atoms with Crippen molar-refractivity contribution in [1.82, 2.24) is 0 Å². The van der Waals surface area contributed by atoms with E-state index >= 15 is 0 Å². The number of hydrogen-bond donors (Lipinski definition) is 1. The second-order valence-corrected chi connectivity index (χ2v) is 5.94. The molecular weight excluding hydrogens is 308 g/mol. The predicted octanol–water partition coefficient (Wildman–Crippen LogP) is 5.73. The van der Waals surface area contributed by atoms with E-state index in [-0.39, 0.29) is 5.75 Å². The number of rotatable bonds is 6. The van der Waals surface area contributed by atoms with E-state index < -0.39 is 0 Å². The zero-order chi connectivity index (χ0) is 16.8. The summed E-state index contributed by atoms with van der Waals surface area (Å²) < 4.78 is 5.43. The molecule has 0 heterocycles. The molecule has 0 unspecified atom stereocenters. The van der Waals surface area contributed by atoms with Gasteiger partial charge in [-0.3, -0.25) is 0 Å². The standard InChI is InChI=1S/C20H21ClO2/c1-14(2)8-11-17-19(22)12-15(13-20(17)23-3)9-10-16-6-4-5-7-18(16)21/h4-7,9-10,12-13,22H,1,8,11H2,2-3H3/b10-9+. The Labute approximate surface area is 142 Å². The van der Waals surface area contributed by atoms with E-state index in [1.165, 1.54) is 0 Å². The van der Waals surface area contributed by atoms with Gasteiger partial charge in [-0.15, -0.1) is 6.58 Å². The molecule has 0 aliphatic rings. The molecule has 3 heteroatoms. The molecule has 0 fully saturated rings. The van der Waals surface area contributed by atoms with Gasteiger partial charge >= 0.3 is 0 Å². The van der Waals surface area contributed by atoms with Gasteiger partial charge in [-0.05, 0) is 49.1 Å². The maximum Gasteiger partial charge on any atom is 0.126 e. The molecule has 0 atom stereocenters. The van der Waals surface area contributed by atoms with Gasteiger partial charge in [-0.2, -0.15) is 0 Å². The summed E-state index contributed by atoms with van der Waals surface area (Å²) in [6.07, 6.45) is 5.35. The molecule has 23 heavy (non-hydrogen) atoms. The Morgan fingerprint density at radius 3 is 2.65 bits per heavy atom. The molecule has 2 nitrogen and oxygen atoms in total. The van der Waals surface area contributed by atoms with Crippen LogP contribution in [0.1, 0.15) is 30.0 Å². The fourth-order valence-electron chi connectivity index (χ4n) is 2.32. The summed E-state index contributed by atoms with van der Waals surface area (Å²) in [5.74, 6) is 0.925. The molecule has 0 spiro atoms. The maximum absolute atomic E-state index is 10.3. The van der Waals surface area contributed by atoms with E-state index in [1.54, 1.807) is 13.2 Å². The Morgan fingerprint density at radius 1 is 1.26 bits per heavy atom. The van der Waals surface area contributed by atoms with Crippen LogP contribution in [0.15, 0.2) is 48.6 Å². The first-order valence-electron chi connectivity index (χ1n) is 7.48. The van der Waals surface area contributed by atoms with Crippen molar-refractivity contribution in [3.05, 3.63) is 70.3 Å². The summed E-state index contributed by atoms with van der Waals surface area (Å²) in [6.45, 7) is 5.87. The van der Waals surface area contributed by atoms with Crippen molar-refractivity contribution in [1.29, 1.82) is 0 Å². The molecular formula is C20H21ClO2. The van der Waals surface area contributed by atoms with Gasteiger partial charge in [0.2, 0.25) is 0 Å². The number of aromatic hydroxyl groups is 1. The molecule has 2 aromatic carbocycles. The summed E-state index contributed by atoms with van der Waals surface area (Å²) in [6, 6.07) is 11.3. The predicted molar refractivity (Wildman–Crippen MR) is 98.2 cm³/mol. The van der Waals surface area contributed by atoms with Crippen molar-refractivity contribution in [2.45, 2.75) is 19.8 Å². The summed E-state index contributed by atoms with van der Waals surface area (Å²) in [7, 11) is 1.61. The SMILES string of the molecule is C=C(C)CCc1c(O)cc(/C=C/c2ccccc2Cl)cc1OC. The van der Waals surface area contributed by atoms with E-state index in [9.17, 15) is 5.11 Å². The molecule has 0 amide bonds. The van der Waals surface area contributed by atoms with Crippen LogP contribution in [-0.4, -0.2) is 12.2 Å². The van der Waals surface area contributed by atoms with Crippen molar-refractivity contribution in [2.75, 3.05) is 7.11 Å². The smallest absolute Gasteiger partial charge is 0.126 e. The third-order valence-corrected chi connectivity index (χ3v) is 3.93. The summed E-state index contributed by atoms with van der Waals surface area (Å²) >= 11 is 6.14. The molecule has 1 N–H and O–H groups in total. The van der Waals surface area contributed by atoms with Gasteiger partial charge in [-0.1, -0.05) is 47.5 Å². The molecule has 2 aromatic rings. The van der Waals surface area contributed by atoms with Crippen LogP contribution in [0.4, 0.5) is 0 Å². The van der Waals surface area contributed by atoms with Gasteiger partial charge < -0.3 is 9.84 Å². The number of phenolic OH excluding ortho intramolecular Hbond substituents is 1. The minimum absolute atomic E-state index is 0.240.